The van der Waals surface area contributed by atoms with Gasteiger partial charge in [-0.15, -0.1) is 0 Å². The lowest BCUT2D eigenvalue weighted by Crippen LogP contribution is -2.08. The maximum absolute atomic E-state index is 6.18. The maximum atomic E-state index is 6.18. The van der Waals surface area contributed by atoms with Gasteiger partial charge in [-0.05, 0) is 31.5 Å². The van der Waals surface area contributed by atoms with E-state index in [2.05, 4.69) is 34.4 Å². The molecule has 1 aromatic heterocycles. The van der Waals surface area contributed by atoms with Crippen LogP contribution < -0.4 is 10.6 Å². The molecule has 0 bridgehead atoms. The van der Waals surface area contributed by atoms with E-state index in [4.69, 9.17) is 11.6 Å². The molecule has 0 unspecified atom stereocenters. The highest BCUT2D eigenvalue weighted by Gasteiger charge is 2.13. The van der Waals surface area contributed by atoms with Crippen molar-refractivity contribution in [3.05, 3.63) is 40.2 Å². The quantitative estimate of drug-likeness (QED) is 0.863. The first kappa shape index (κ1) is 15.6. The van der Waals surface area contributed by atoms with Crippen LogP contribution in [0.1, 0.15) is 36.7 Å². The van der Waals surface area contributed by atoms with Gasteiger partial charge in [0.05, 0.1) is 0 Å². The average Bonchev–Trinajstić information content (AvgIpc) is 2.45. The molecule has 21 heavy (non-hydrogen) atoms. The van der Waals surface area contributed by atoms with Crippen LogP contribution in [0, 0.1) is 13.8 Å². The van der Waals surface area contributed by atoms with E-state index in [1.54, 1.807) is 0 Å². The first-order valence-corrected chi connectivity index (χ1v) is 7.40. The maximum Gasteiger partial charge on any atom is 0.139 e. The van der Waals surface area contributed by atoms with Crippen LogP contribution in [0.3, 0.4) is 0 Å². The number of benzene rings is 1. The summed E-state index contributed by atoms with van der Waals surface area (Å²) in [6.07, 6.45) is 0. The van der Waals surface area contributed by atoms with Crippen molar-refractivity contribution in [2.75, 3.05) is 17.7 Å². The molecule has 0 atom stereocenters. The summed E-state index contributed by atoms with van der Waals surface area (Å²) in [6, 6.07) is 5.81. The molecule has 2 N–H and O–H groups in total. The summed E-state index contributed by atoms with van der Waals surface area (Å²) in [5, 5.41) is 7.24. The minimum Gasteiger partial charge on any atom is -0.373 e. The van der Waals surface area contributed by atoms with Crippen molar-refractivity contribution >= 4 is 28.9 Å². The third-order valence-electron chi connectivity index (χ3n) is 3.44. The van der Waals surface area contributed by atoms with Gasteiger partial charge in [0.15, 0.2) is 0 Å². The van der Waals surface area contributed by atoms with Gasteiger partial charge in [-0.3, -0.25) is 0 Å². The Kier molecular flexibility index (Phi) is 4.68. The molecule has 0 aliphatic heterocycles. The number of aromatic nitrogens is 2. The van der Waals surface area contributed by atoms with E-state index < -0.39 is 0 Å². The molecule has 1 heterocycles. The SMILES string of the molecule is CNc1nc(C(C)C)nc(Nc2cccc(Cl)c2C)c1C. The van der Waals surface area contributed by atoms with Gasteiger partial charge in [0.1, 0.15) is 17.5 Å². The number of halogens is 1. The number of nitrogens with one attached hydrogen (secondary N) is 2. The van der Waals surface area contributed by atoms with E-state index in [9.17, 15) is 0 Å². The first-order chi connectivity index (χ1) is 9.93. The smallest absolute Gasteiger partial charge is 0.139 e. The van der Waals surface area contributed by atoms with E-state index in [0.717, 1.165) is 39.3 Å². The number of rotatable bonds is 4. The number of anilines is 3. The molecule has 1 aromatic carbocycles. The van der Waals surface area contributed by atoms with E-state index in [-0.39, 0.29) is 5.92 Å². The van der Waals surface area contributed by atoms with Crippen molar-refractivity contribution in [3.63, 3.8) is 0 Å². The van der Waals surface area contributed by atoms with E-state index in [0.29, 0.717) is 0 Å². The number of hydrogen-bond donors (Lipinski definition) is 2. The van der Waals surface area contributed by atoms with Crippen LogP contribution in [0.25, 0.3) is 0 Å². The summed E-state index contributed by atoms with van der Waals surface area (Å²) in [4.78, 5) is 9.19. The highest BCUT2D eigenvalue weighted by atomic mass is 35.5. The van der Waals surface area contributed by atoms with Gasteiger partial charge in [-0.2, -0.15) is 0 Å². The van der Waals surface area contributed by atoms with Gasteiger partial charge < -0.3 is 10.6 Å². The van der Waals surface area contributed by atoms with Crippen LogP contribution in [0.15, 0.2) is 18.2 Å². The second-order valence-corrected chi connectivity index (χ2v) is 5.75. The Bertz CT molecular complexity index is 653. The van der Waals surface area contributed by atoms with Crippen molar-refractivity contribution in [3.8, 4) is 0 Å². The van der Waals surface area contributed by atoms with Gasteiger partial charge in [-0.25, -0.2) is 9.97 Å². The van der Waals surface area contributed by atoms with Crippen LogP contribution in [-0.4, -0.2) is 17.0 Å². The van der Waals surface area contributed by atoms with Gasteiger partial charge in [0, 0.05) is 29.2 Å². The second-order valence-electron chi connectivity index (χ2n) is 5.35. The molecular formula is C16H21ClN4. The Balaban J connectivity index is 2.48. The Labute approximate surface area is 131 Å². The molecule has 4 nitrogen and oxygen atoms in total. The predicted octanol–water partition coefficient (Wildman–Crippen LogP) is 4.66. The first-order valence-electron chi connectivity index (χ1n) is 7.02. The lowest BCUT2D eigenvalue weighted by Gasteiger charge is -2.16. The molecule has 0 aliphatic rings. The van der Waals surface area contributed by atoms with Gasteiger partial charge in [0.25, 0.3) is 0 Å². The summed E-state index contributed by atoms with van der Waals surface area (Å²) in [5.41, 5.74) is 2.96. The summed E-state index contributed by atoms with van der Waals surface area (Å²) < 4.78 is 0. The minimum atomic E-state index is 0.263. The molecule has 112 valence electrons. The standard InChI is InChI=1S/C16H21ClN4/c1-9(2)14-20-15(18-5)11(4)16(21-14)19-13-8-6-7-12(17)10(13)3/h6-9H,1-5H3,(H2,18,19,20,21). The lowest BCUT2D eigenvalue weighted by molar-refractivity contribution is 0.775. The molecule has 0 radical (unpaired) electrons. The highest BCUT2D eigenvalue weighted by molar-refractivity contribution is 6.31. The second kappa shape index (κ2) is 6.31. The number of nitrogens with zero attached hydrogens (tertiary/aromatic N) is 2. The fourth-order valence-corrected chi connectivity index (χ4v) is 2.20. The van der Waals surface area contributed by atoms with Crippen LogP contribution in [-0.2, 0) is 0 Å². The van der Waals surface area contributed by atoms with E-state index in [1.165, 1.54) is 0 Å². The number of hydrogen-bond acceptors (Lipinski definition) is 4. The minimum absolute atomic E-state index is 0.263. The Morgan fingerprint density at radius 1 is 1.05 bits per heavy atom. The molecular weight excluding hydrogens is 284 g/mol. The Morgan fingerprint density at radius 2 is 1.71 bits per heavy atom. The highest BCUT2D eigenvalue weighted by Crippen LogP contribution is 2.29. The molecule has 0 spiro atoms. The molecule has 0 amide bonds. The van der Waals surface area contributed by atoms with Crippen LogP contribution in [0.2, 0.25) is 5.02 Å². The zero-order valence-corrected chi connectivity index (χ0v) is 13.8. The zero-order valence-electron chi connectivity index (χ0n) is 13.1. The molecule has 0 aliphatic carbocycles. The molecule has 2 rings (SSSR count). The molecule has 0 fully saturated rings. The predicted molar refractivity (Wildman–Crippen MR) is 89.9 cm³/mol. The van der Waals surface area contributed by atoms with E-state index in [1.807, 2.05) is 39.1 Å². The largest absolute Gasteiger partial charge is 0.373 e. The van der Waals surface area contributed by atoms with Gasteiger partial charge in [-0.1, -0.05) is 31.5 Å². The fourth-order valence-electron chi connectivity index (χ4n) is 2.03. The van der Waals surface area contributed by atoms with Crippen molar-refractivity contribution in [2.45, 2.75) is 33.6 Å². The Morgan fingerprint density at radius 3 is 2.33 bits per heavy atom. The monoisotopic (exact) mass is 304 g/mol. The summed E-state index contributed by atoms with van der Waals surface area (Å²) in [5.74, 6) is 2.73. The zero-order chi connectivity index (χ0) is 15.6. The average molecular weight is 305 g/mol. The van der Waals surface area contributed by atoms with Gasteiger partial charge in [0.2, 0.25) is 0 Å². The third kappa shape index (κ3) is 3.27. The van der Waals surface area contributed by atoms with E-state index >= 15 is 0 Å². The molecule has 0 saturated heterocycles. The lowest BCUT2D eigenvalue weighted by atomic mass is 10.1. The van der Waals surface area contributed by atoms with Crippen molar-refractivity contribution in [1.82, 2.24) is 9.97 Å². The van der Waals surface area contributed by atoms with Crippen LogP contribution in [0.4, 0.5) is 17.3 Å². The van der Waals surface area contributed by atoms with Crippen LogP contribution in [0.5, 0.6) is 0 Å². The Hall–Kier alpha value is -1.81. The third-order valence-corrected chi connectivity index (χ3v) is 3.85. The van der Waals surface area contributed by atoms with Crippen LogP contribution >= 0.6 is 11.6 Å². The summed E-state index contributed by atoms with van der Waals surface area (Å²) in [6.45, 7) is 8.15. The summed E-state index contributed by atoms with van der Waals surface area (Å²) >= 11 is 6.18. The van der Waals surface area contributed by atoms with Crippen molar-refractivity contribution < 1.29 is 0 Å². The molecule has 2 aromatic rings. The summed E-state index contributed by atoms with van der Waals surface area (Å²) in [7, 11) is 1.87. The topological polar surface area (TPSA) is 49.8 Å². The normalized spacial score (nSPS) is 10.8. The van der Waals surface area contributed by atoms with Gasteiger partial charge >= 0.3 is 0 Å². The molecule has 0 saturated carbocycles. The van der Waals surface area contributed by atoms with Crippen molar-refractivity contribution in [2.24, 2.45) is 0 Å². The molecule has 5 heteroatoms. The van der Waals surface area contributed by atoms with Crippen molar-refractivity contribution in [1.29, 1.82) is 0 Å². The fraction of sp³-hybridized carbons (Fsp3) is 0.375.